The van der Waals surface area contributed by atoms with Crippen LogP contribution in [0.15, 0.2) is 18.5 Å². The van der Waals surface area contributed by atoms with Crippen LogP contribution in [0.2, 0.25) is 0 Å². The summed E-state index contributed by atoms with van der Waals surface area (Å²) in [7, 11) is 0. The molecule has 20 heavy (non-hydrogen) atoms. The summed E-state index contributed by atoms with van der Waals surface area (Å²) in [5.74, 6) is 0.696. The zero-order valence-electron chi connectivity index (χ0n) is 12.6. The Morgan fingerprint density at radius 2 is 2.00 bits per heavy atom. The monoisotopic (exact) mass is 279 g/mol. The van der Waals surface area contributed by atoms with E-state index < -0.39 is 11.7 Å². The average molecular weight is 279 g/mol. The Morgan fingerprint density at radius 1 is 1.30 bits per heavy atom. The Kier molecular flexibility index (Phi) is 5.00. The summed E-state index contributed by atoms with van der Waals surface area (Å²) in [5.41, 5.74) is 0.325. The molecule has 1 aromatic heterocycles. The van der Waals surface area contributed by atoms with Crippen molar-refractivity contribution in [3.63, 3.8) is 0 Å². The topological polar surface area (TPSA) is 51.6 Å². The SMILES string of the molecule is CCOC1(C(O)c2cncc(OC(C)C)c2)CCCC1. The van der Waals surface area contributed by atoms with Crippen LogP contribution >= 0.6 is 0 Å². The fourth-order valence-corrected chi connectivity index (χ4v) is 2.98. The van der Waals surface area contributed by atoms with Crippen molar-refractivity contribution in [2.75, 3.05) is 6.61 Å². The lowest BCUT2D eigenvalue weighted by molar-refractivity contribution is -0.118. The third kappa shape index (κ3) is 3.30. The smallest absolute Gasteiger partial charge is 0.138 e. The molecule has 112 valence electrons. The molecule has 4 heteroatoms. The second kappa shape index (κ2) is 6.55. The van der Waals surface area contributed by atoms with Crippen molar-refractivity contribution in [3.05, 3.63) is 24.0 Å². The molecule has 1 saturated carbocycles. The third-order valence-electron chi connectivity index (χ3n) is 3.80. The molecular formula is C16H25NO3. The molecule has 1 heterocycles. The summed E-state index contributed by atoms with van der Waals surface area (Å²) >= 11 is 0. The molecule has 2 rings (SSSR count). The summed E-state index contributed by atoms with van der Waals surface area (Å²) in [6.45, 7) is 6.54. The van der Waals surface area contributed by atoms with Gasteiger partial charge in [-0.25, -0.2) is 0 Å². The van der Waals surface area contributed by atoms with Crippen LogP contribution in [0.25, 0.3) is 0 Å². The standard InChI is InChI=1S/C16H25NO3/c1-4-19-16(7-5-6-8-16)15(18)13-9-14(11-17-10-13)20-12(2)3/h9-12,15,18H,4-8H2,1-3H3. The molecule has 1 aliphatic rings. The highest BCUT2D eigenvalue weighted by molar-refractivity contribution is 5.27. The molecule has 0 aliphatic heterocycles. The zero-order valence-corrected chi connectivity index (χ0v) is 12.6. The first-order chi connectivity index (χ1) is 9.57. The predicted molar refractivity (Wildman–Crippen MR) is 77.8 cm³/mol. The van der Waals surface area contributed by atoms with Gasteiger partial charge in [0, 0.05) is 18.4 Å². The van der Waals surface area contributed by atoms with Gasteiger partial charge in [-0.15, -0.1) is 0 Å². The van der Waals surface area contributed by atoms with Crippen molar-refractivity contribution < 1.29 is 14.6 Å². The van der Waals surface area contributed by atoms with Crippen LogP contribution in [0.3, 0.4) is 0 Å². The lowest BCUT2D eigenvalue weighted by Gasteiger charge is -2.34. The molecule has 1 fully saturated rings. The van der Waals surface area contributed by atoms with Gasteiger partial charge in [-0.3, -0.25) is 4.98 Å². The molecular weight excluding hydrogens is 254 g/mol. The maximum Gasteiger partial charge on any atom is 0.138 e. The number of pyridine rings is 1. The molecule has 1 aliphatic carbocycles. The normalized spacial score (nSPS) is 19.2. The van der Waals surface area contributed by atoms with E-state index in [2.05, 4.69) is 4.98 Å². The van der Waals surface area contributed by atoms with E-state index >= 15 is 0 Å². The molecule has 0 radical (unpaired) electrons. The lowest BCUT2D eigenvalue weighted by atomic mass is 9.90. The number of aliphatic hydroxyl groups excluding tert-OH is 1. The van der Waals surface area contributed by atoms with Gasteiger partial charge in [-0.1, -0.05) is 12.8 Å². The van der Waals surface area contributed by atoms with Crippen molar-refractivity contribution in [2.24, 2.45) is 0 Å². The molecule has 1 N–H and O–H groups in total. The van der Waals surface area contributed by atoms with Gasteiger partial charge >= 0.3 is 0 Å². The van der Waals surface area contributed by atoms with Crippen molar-refractivity contribution in [1.82, 2.24) is 4.98 Å². The summed E-state index contributed by atoms with van der Waals surface area (Å²) < 4.78 is 11.6. The Morgan fingerprint density at radius 3 is 2.60 bits per heavy atom. The first-order valence-electron chi connectivity index (χ1n) is 7.51. The Bertz CT molecular complexity index is 427. The number of hydrogen-bond donors (Lipinski definition) is 1. The number of ether oxygens (including phenoxy) is 2. The Hall–Kier alpha value is -1.13. The molecule has 0 amide bonds. The van der Waals surface area contributed by atoms with E-state index in [0.29, 0.717) is 12.4 Å². The first-order valence-corrected chi connectivity index (χ1v) is 7.51. The van der Waals surface area contributed by atoms with Gasteiger partial charge in [-0.05, 0) is 39.7 Å². The minimum atomic E-state index is -0.645. The van der Waals surface area contributed by atoms with Crippen LogP contribution in [0.5, 0.6) is 5.75 Å². The largest absolute Gasteiger partial charge is 0.489 e. The maximum atomic E-state index is 10.7. The van der Waals surface area contributed by atoms with Crippen LogP contribution in [0, 0.1) is 0 Å². The Balaban J connectivity index is 2.20. The number of rotatable bonds is 6. The molecule has 0 saturated heterocycles. The minimum absolute atomic E-state index is 0.0940. The van der Waals surface area contributed by atoms with Crippen LogP contribution < -0.4 is 4.74 Å². The molecule has 1 aromatic rings. The fourth-order valence-electron chi connectivity index (χ4n) is 2.98. The lowest BCUT2D eigenvalue weighted by Crippen LogP contribution is -2.36. The van der Waals surface area contributed by atoms with Crippen LogP contribution in [-0.2, 0) is 4.74 Å². The second-order valence-corrected chi connectivity index (χ2v) is 5.73. The van der Waals surface area contributed by atoms with Gasteiger partial charge in [0.15, 0.2) is 0 Å². The van der Waals surface area contributed by atoms with E-state index in [1.807, 2.05) is 26.8 Å². The highest BCUT2D eigenvalue weighted by Gasteiger charge is 2.42. The van der Waals surface area contributed by atoms with E-state index in [1.54, 1.807) is 12.4 Å². The Labute approximate surface area is 121 Å². The first kappa shape index (κ1) is 15.3. The second-order valence-electron chi connectivity index (χ2n) is 5.73. The maximum absolute atomic E-state index is 10.7. The molecule has 1 atom stereocenters. The molecule has 4 nitrogen and oxygen atoms in total. The molecule has 0 aromatic carbocycles. The average Bonchev–Trinajstić information content (AvgIpc) is 2.87. The number of aliphatic hydroxyl groups is 1. The third-order valence-corrected chi connectivity index (χ3v) is 3.80. The number of nitrogens with zero attached hydrogens (tertiary/aromatic N) is 1. The number of hydrogen-bond acceptors (Lipinski definition) is 4. The van der Waals surface area contributed by atoms with E-state index in [9.17, 15) is 5.11 Å². The summed E-state index contributed by atoms with van der Waals surface area (Å²) in [6.07, 6.45) is 6.84. The van der Waals surface area contributed by atoms with Crippen LogP contribution in [0.1, 0.15) is 58.1 Å². The van der Waals surface area contributed by atoms with Gasteiger partial charge in [-0.2, -0.15) is 0 Å². The van der Waals surface area contributed by atoms with Crippen LogP contribution in [-0.4, -0.2) is 28.4 Å². The van der Waals surface area contributed by atoms with Gasteiger partial charge in [0.25, 0.3) is 0 Å². The highest BCUT2D eigenvalue weighted by atomic mass is 16.5. The summed E-state index contributed by atoms with van der Waals surface area (Å²) in [4.78, 5) is 4.18. The van der Waals surface area contributed by atoms with Gasteiger partial charge < -0.3 is 14.6 Å². The van der Waals surface area contributed by atoms with Crippen molar-refractivity contribution in [3.8, 4) is 5.75 Å². The zero-order chi connectivity index (χ0) is 14.6. The van der Waals surface area contributed by atoms with Gasteiger partial charge in [0.2, 0.25) is 0 Å². The fraction of sp³-hybridized carbons (Fsp3) is 0.688. The highest BCUT2D eigenvalue weighted by Crippen LogP contribution is 2.43. The molecule has 1 unspecified atom stereocenters. The summed E-state index contributed by atoms with van der Waals surface area (Å²) in [5, 5.41) is 10.7. The van der Waals surface area contributed by atoms with Crippen LogP contribution in [0.4, 0.5) is 0 Å². The predicted octanol–water partition coefficient (Wildman–Crippen LogP) is 3.25. The van der Waals surface area contributed by atoms with E-state index in [0.717, 1.165) is 31.2 Å². The minimum Gasteiger partial charge on any atom is -0.489 e. The van der Waals surface area contributed by atoms with Crippen molar-refractivity contribution in [2.45, 2.75) is 64.3 Å². The van der Waals surface area contributed by atoms with Crippen molar-refractivity contribution >= 4 is 0 Å². The quantitative estimate of drug-likeness (QED) is 0.868. The van der Waals surface area contributed by atoms with E-state index in [4.69, 9.17) is 9.47 Å². The van der Waals surface area contributed by atoms with Gasteiger partial charge in [0.1, 0.15) is 11.9 Å². The van der Waals surface area contributed by atoms with Gasteiger partial charge in [0.05, 0.1) is 17.9 Å². The molecule has 0 spiro atoms. The number of aromatic nitrogens is 1. The van der Waals surface area contributed by atoms with Crippen molar-refractivity contribution in [1.29, 1.82) is 0 Å². The van der Waals surface area contributed by atoms with E-state index in [-0.39, 0.29) is 6.10 Å². The summed E-state index contributed by atoms with van der Waals surface area (Å²) in [6, 6.07) is 1.87. The van der Waals surface area contributed by atoms with E-state index in [1.165, 1.54) is 0 Å². The molecule has 0 bridgehead atoms.